The van der Waals surface area contributed by atoms with E-state index in [0.717, 1.165) is 24.3 Å². The summed E-state index contributed by atoms with van der Waals surface area (Å²) in [6, 6.07) is 4.43. The van der Waals surface area contributed by atoms with Crippen LogP contribution in [0.2, 0.25) is 0 Å². The number of amides is 1. The number of hydrogen-bond acceptors (Lipinski definition) is 7. The van der Waals surface area contributed by atoms with E-state index >= 15 is 0 Å². The van der Waals surface area contributed by atoms with E-state index in [1.165, 1.54) is 12.1 Å². The molecule has 0 radical (unpaired) electrons. The van der Waals surface area contributed by atoms with E-state index < -0.39 is 4.92 Å². The molecule has 0 bridgehead atoms. The van der Waals surface area contributed by atoms with Gasteiger partial charge in [0.15, 0.2) is 11.5 Å². The first-order valence-electron chi connectivity index (χ1n) is 7.09. The van der Waals surface area contributed by atoms with Gasteiger partial charge in [-0.1, -0.05) is 16.5 Å². The van der Waals surface area contributed by atoms with Gasteiger partial charge in [-0.15, -0.1) is 0 Å². The number of nitrogens with zero attached hydrogens (tertiary/aromatic N) is 4. The summed E-state index contributed by atoms with van der Waals surface area (Å²) in [5, 5.41) is 17.2. The highest BCUT2D eigenvalue weighted by atomic mass is 32.1. The number of nitro groups is 1. The minimum atomic E-state index is -0.474. The predicted molar refractivity (Wildman–Crippen MR) is 85.6 cm³/mol. The number of carbonyl (C=O) groups excluding carboxylic acids is 1. The number of thiophene rings is 1. The van der Waals surface area contributed by atoms with Crippen molar-refractivity contribution in [1.29, 1.82) is 0 Å². The standard InChI is InChI=1S/C14H13N5O4S/c20-14(16-4-1-6-18-7-5-15-9-18)10-8-11(23-17-10)12-2-3-13(24-12)19(21)22/h2-3,5,7-9H,1,4,6H2,(H,16,20). The molecule has 0 unspecified atom stereocenters. The third-order valence-electron chi connectivity index (χ3n) is 3.20. The molecule has 0 aliphatic rings. The van der Waals surface area contributed by atoms with E-state index in [4.69, 9.17) is 4.52 Å². The van der Waals surface area contributed by atoms with Gasteiger partial charge in [-0.25, -0.2) is 4.98 Å². The van der Waals surface area contributed by atoms with Crippen LogP contribution in [0.4, 0.5) is 5.00 Å². The maximum absolute atomic E-state index is 12.0. The van der Waals surface area contributed by atoms with Crippen molar-refractivity contribution in [3.8, 4) is 10.6 Å². The molecule has 10 heteroatoms. The van der Waals surface area contributed by atoms with Gasteiger partial charge in [-0.3, -0.25) is 14.9 Å². The van der Waals surface area contributed by atoms with Crippen LogP contribution >= 0.6 is 11.3 Å². The molecule has 3 aromatic heterocycles. The Balaban J connectivity index is 1.54. The van der Waals surface area contributed by atoms with Crippen LogP contribution in [-0.2, 0) is 6.54 Å². The number of aryl methyl sites for hydroxylation is 1. The van der Waals surface area contributed by atoms with Crippen molar-refractivity contribution in [3.05, 3.63) is 52.7 Å². The molecule has 3 heterocycles. The Kier molecular flexibility index (Phi) is 4.66. The highest BCUT2D eigenvalue weighted by Crippen LogP contribution is 2.32. The molecule has 124 valence electrons. The molecular formula is C14H13N5O4S. The van der Waals surface area contributed by atoms with Crippen molar-refractivity contribution in [2.45, 2.75) is 13.0 Å². The van der Waals surface area contributed by atoms with Gasteiger partial charge in [-0.2, -0.15) is 0 Å². The molecule has 24 heavy (non-hydrogen) atoms. The smallest absolute Gasteiger partial charge is 0.324 e. The molecule has 0 aliphatic carbocycles. The van der Waals surface area contributed by atoms with Crippen LogP contribution in [0.15, 0.2) is 41.4 Å². The van der Waals surface area contributed by atoms with Gasteiger partial charge in [0.05, 0.1) is 16.1 Å². The van der Waals surface area contributed by atoms with E-state index in [9.17, 15) is 14.9 Å². The van der Waals surface area contributed by atoms with Crippen molar-refractivity contribution >= 4 is 22.2 Å². The topological polar surface area (TPSA) is 116 Å². The Bertz CT molecular complexity index is 839. The van der Waals surface area contributed by atoms with Crippen molar-refractivity contribution in [3.63, 3.8) is 0 Å². The summed E-state index contributed by atoms with van der Waals surface area (Å²) in [6.45, 7) is 1.24. The molecule has 0 spiro atoms. The van der Waals surface area contributed by atoms with Crippen LogP contribution in [-0.4, -0.2) is 32.1 Å². The van der Waals surface area contributed by atoms with Crippen molar-refractivity contribution in [1.82, 2.24) is 20.0 Å². The zero-order valence-corrected chi connectivity index (χ0v) is 13.2. The predicted octanol–water partition coefficient (Wildman–Crippen LogP) is 2.33. The Morgan fingerprint density at radius 2 is 2.33 bits per heavy atom. The number of nitrogens with one attached hydrogen (secondary N) is 1. The monoisotopic (exact) mass is 347 g/mol. The van der Waals surface area contributed by atoms with E-state index in [1.807, 2.05) is 10.8 Å². The first kappa shape index (κ1) is 15.9. The van der Waals surface area contributed by atoms with Crippen LogP contribution in [0.1, 0.15) is 16.9 Å². The van der Waals surface area contributed by atoms with Gasteiger partial charge in [0.1, 0.15) is 0 Å². The number of imidazole rings is 1. The second kappa shape index (κ2) is 7.04. The second-order valence-electron chi connectivity index (χ2n) is 4.88. The molecule has 0 atom stereocenters. The van der Waals surface area contributed by atoms with E-state index in [2.05, 4.69) is 15.5 Å². The summed E-state index contributed by atoms with van der Waals surface area (Å²) in [5.74, 6) is -0.0154. The summed E-state index contributed by atoms with van der Waals surface area (Å²) in [4.78, 5) is 26.7. The van der Waals surface area contributed by atoms with Crippen LogP contribution in [0.3, 0.4) is 0 Å². The lowest BCUT2D eigenvalue weighted by Crippen LogP contribution is -2.25. The Labute approximate surface area is 140 Å². The Morgan fingerprint density at radius 3 is 3.04 bits per heavy atom. The lowest BCUT2D eigenvalue weighted by atomic mass is 10.3. The third-order valence-corrected chi connectivity index (χ3v) is 4.25. The highest BCUT2D eigenvalue weighted by molar-refractivity contribution is 7.18. The summed E-state index contributed by atoms with van der Waals surface area (Å²) in [7, 11) is 0. The van der Waals surface area contributed by atoms with E-state index in [1.54, 1.807) is 18.6 Å². The largest absolute Gasteiger partial charge is 0.355 e. The maximum Gasteiger partial charge on any atom is 0.324 e. The van der Waals surface area contributed by atoms with Gasteiger partial charge in [-0.05, 0) is 12.5 Å². The van der Waals surface area contributed by atoms with Crippen LogP contribution < -0.4 is 5.32 Å². The number of hydrogen-bond donors (Lipinski definition) is 1. The zero-order chi connectivity index (χ0) is 16.9. The van der Waals surface area contributed by atoms with E-state index in [-0.39, 0.29) is 16.6 Å². The minimum absolute atomic E-state index is 0.00639. The molecule has 0 aliphatic heterocycles. The van der Waals surface area contributed by atoms with Crippen LogP contribution in [0, 0.1) is 10.1 Å². The maximum atomic E-state index is 12.0. The highest BCUT2D eigenvalue weighted by Gasteiger charge is 2.17. The average molecular weight is 347 g/mol. The fraction of sp³-hybridized carbons (Fsp3) is 0.214. The summed E-state index contributed by atoms with van der Waals surface area (Å²) >= 11 is 0.966. The lowest BCUT2D eigenvalue weighted by molar-refractivity contribution is -0.380. The lowest BCUT2D eigenvalue weighted by Gasteiger charge is -2.03. The zero-order valence-electron chi connectivity index (χ0n) is 12.4. The van der Waals surface area contributed by atoms with Crippen LogP contribution in [0.25, 0.3) is 10.6 Å². The van der Waals surface area contributed by atoms with Crippen molar-refractivity contribution < 1.29 is 14.2 Å². The first-order valence-corrected chi connectivity index (χ1v) is 7.90. The average Bonchev–Trinajstić information content (AvgIpc) is 3.32. The Hall–Kier alpha value is -3.01. The molecule has 0 fully saturated rings. The van der Waals surface area contributed by atoms with Gasteiger partial charge >= 0.3 is 5.00 Å². The number of aromatic nitrogens is 3. The third kappa shape index (κ3) is 3.66. The summed E-state index contributed by atoms with van der Waals surface area (Å²) in [5.41, 5.74) is 0.142. The summed E-state index contributed by atoms with van der Waals surface area (Å²) in [6.07, 6.45) is 6.02. The Morgan fingerprint density at radius 1 is 1.46 bits per heavy atom. The first-order chi connectivity index (χ1) is 11.6. The van der Waals surface area contributed by atoms with Crippen molar-refractivity contribution in [2.24, 2.45) is 0 Å². The van der Waals surface area contributed by atoms with E-state index in [0.29, 0.717) is 17.2 Å². The SMILES string of the molecule is O=C(NCCCn1ccnc1)c1cc(-c2ccc([N+](=O)[O-])s2)on1. The number of rotatable bonds is 7. The molecule has 3 aromatic rings. The van der Waals surface area contributed by atoms with Gasteiger partial charge < -0.3 is 14.4 Å². The van der Waals surface area contributed by atoms with Crippen LogP contribution in [0.5, 0.6) is 0 Å². The molecule has 0 saturated heterocycles. The summed E-state index contributed by atoms with van der Waals surface area (Å²) < 4.78 is 7.02. The quantitative estimate of drug-likeness (QED) is 0.398. The van der Waals surface area contributed by atoms with Gasteiger partial charge in [0, 0.05) is 37.6 Å². The number of carbonyl (C=O) groups is 1. The minimum Gasteiger partial charge on any atom is -0.355 e. The van der Waals surface area contributed by atoms with Gasteiger partial charge in [0.2, 0.25) is 0 Å². The van der Waals surface area contributed by atoms with Gasteiger partial charge in [0.25, 0.3) is 5.91 Å². The second-order valence-corrected chi connectivity index (χ2v) is 5.94. The molecule has 1 N–H and O–H groups in total. The normalized spacial score (nSPS) is 10.7. The molecule has 0 aromatic carbocycles. The molecule has 0 saturated carbocycles. The molecule has 1 amide bonds. The fourth-order valence-electron chi connectivity index (χ4n) is 2.03. The molecule has 3 rings (SSSR count). The molecule has 9 nitrogen and oxygen atoms in total. The van der Waals surface area contributed by atoms with Crippen molar-refractivity contribution in [2.75, 3.05) is 6.54 Å². The fourth-order valence-corrected chi connectivity index (χ4v) is 2.80. The molecular weight excluding hydrogens is 334 g/mol.